The quantitative estimate of drug-likeness (QED) is 0.859. The summed E-state index contributed by atoms with van der Waals surface area (Å²) in [6, 6.07) is 9.26. The average molecular weight is 249 g/mol. The number of nitrogens with zero attached hydrogens (tertiary/aromatic N) is 1. The highest BCUT2D eigenvalue weighted by Gasteiger charge is 2.42. The minimum Gasteiger partial charge on any atom is -0.484 e. The van der Waals surface area contributed by atoms with Crippen LogP contribution in [-0.2, 0) is 4.79 Å². The first-order chi connectivity index (χ1) is 8.63. The number of para-hydroxylation sites is 1. The summed E-state index contributed by atoms with van der Waals surface area (Å²) >= 11 is 0. The molecule has 0 aromatic heterocycles. The zero-order valence-electron chi connectivity index (χ0n) is 10.6. The van der Waals surface area contributed by atoms with Crippen molar-refractivity contribution >= 4 is 5.91 Å². The van der Waals surface area contributed by atoms with E-state index >= 15 is 0 Å². The first kappa shape index (κ1) is 12.9. The minimum absolute atomic E-state index is 0.0339. The molecule has 0 radical (unpaired) electrons. The Labute approximate surface area is 107 Å². The van der Waals surface area contributed by atoms with E-state index in [2.05, 4.69) is 0 Å². The fraction of sp³-hybridized carbons (Fsp3) is 0.500. The molecule has 1 aliphatic rings. The molecule has 1 aromatic carbocycles. The zero-order valence-corrected chi connectivity index (χ0v) is 10.6. The molecule has 4 heteroatoms. The van der Waals surface area contributed by atoms with Crippen LogP contribution in [0.2, 0.25) is 0 Å². The second-order valence-corrected chi connectivity index (χ2v) is 4.83. The van der Waals surface area contributed by atoms with Crippen molar-refractivity contribution in [3.63, 3.8) is 0 Å². The van der Waals surface area contributed by atoms with Crippen molar-refractivity contribution in [2.45, 2.75) is 25.4 Å². The number of likely N-dealkylation sites (tertiary alicyclic amines) is 1. The number of carbonyl (C=O) groups is 1. The predicted octanol–water partition coefficient (Wildman–Crippen LogP) is 1.44. The van der Waals surface area contributed by atoms with Gasteiger partial charge in [-0.1, -0.05) is 31.5 Å². The van der Waals surface area contributed by atoms with E-state index in [0.717, 1.165) is 12.8 Å². The van der Waals surface area contributed by atoms with Gasteiger partial charge >= 0.3 is 0 Å². The van der Waals surface area contributed by atoms with Gasteiger partial charge in [0, 0.05) is 0 Å². The normalized spacial score (nSPS) is 17.1. The molecule has 1 fully saturated rings. The summed E-state index contributed by atoms with van der Waals surface area (Å²) in [6.07, 6.45) is 1.68. The van der Waals surface area contributed by atoms with Gasteiger partial charge in [0.15, 0.2) is 6.61 Å². The summed E-state index contributed by atoms with van der Waals surface area (Å²) in [5, 5.41) is 9.98. The summed E-state index contributed by atoms with van der Waals surface area (Å²) in [6.45, 7) is 2.92. The average Bonchev–Trinajstić information content (AvgIpc) is 2.34. The van der Waals surface area contributed by atoms with Crippen LogP contribution in [0.15, 0.2) is 30.3 Å². The molecule has 0 aliphatic carbocycles. The molecule has 4 nitrogen and oxygen atoms in total. The number of amides is 1. The van der Waals surface area contributed by atoms with Gasteiger partial charge in [-0.2, -0.15) is 0 Å². The molecule has 0 saturated carbocycles. The Morgan fingerprint density at radius 1 is 1.39 bits per heavy atom. The highest BCUT2D eigenvalue weighted by Crippen LogP contribution is 2.25. The minimum atomic E-state index is -0.669. The second-order valence-electron chi connectivity index (χ2n) is 4.83. The molecule has 98 valence electrons. The molecule has 18 heavy (non-hydrogen) atoms. The lowest BCUT2D eigenvalue weighted by molar-refractivity contribution is -0.158. The standard InChI is InChI=1S/C14H19NO3/c1-2-8-14(17)10-15(11-14)13(16)9-18-12-6-4-3-5-7-12/h3-7,17H,2,8-11H2,1H3. The highest BCUT2D eigenvalue weighted by molar-refractivity contribution is 5.79. The van der Waals surface area contributed by atoms with E-state index < -0.39 is 5.60 Å². The molecule has 1 aliphatic heterocycles. The maximum absolute atomic E-state index is 11.8. The van der Waals surface area contributed by atoms with Gasteiger partial charge in [0.1, 0.15) is 5.75 Å². The lowest BCUT2D eigenvalue weighted by atomic mass is 9.89. The van der Waals surface area contributed by atoms with E-state index in [1.807, 2.05) is 37.3 Å². The van der Waals surface area contributed by atoms with E-state index in [9.17, 15) is 9.90 Å². The van der Waals surface area contributed by atoms with Crippen molar-refractivity contribution in [1.29, 1.82) is 0 Å². The maximum Gasteiger partial charge on any atom is 0.260 e. The van der Waals surface area contributed by atoms with Crippen LogP contribution in [-0.4, -0.2) is 41.2 Å². The number of benzene rings is 1. The number of rotatable bonds is 5. The van der Waals surface area contributed by atoms with Crippen molar-refractivity contribution < 1.29 is 14.6 Å². The van der Waals surface area contributed by atoms with Gasteiger partial charge in [-0.3, -0.25) is 4.79 Å². The van der Waals surface area contributed by atoms with Crippen LogP contribution in [0.4, 0.5) is 0 Å². The molecule has 1 amide bonds. The van der Waals surface area contributed by atoms with Crippen molar-refractivity contribution in [3.05, 3.63) is 30.3 Å². The fourth-order valence-corrected chi connectivity index (χ4v) is 2.22. The van der Waals surface area contributed by atoms with Crippen molar-refractivity contribution in [2.75, 3.05) is 19.7 Å². The molecule has 0 unspecified atom stereocenters. The summed E-state index contributed by atoms with van der Waals surface area (Å²) in [5.74, 6) is 0.620. The van der Waals surface area contributed by atoms with E-state index in [4.69, 9.17) is 4.74 Å². The Morgan fingerprint density at radius 2 is 2.06 bits per heavy atom. The van der Waals surface area contributed by atoms with Crippen molar-refractivity contribution in [2.24, 2.45) is 0 Å². The maximum atomic E-state index is 11.8. The van der Waals surface area contributed by atoms with Gasteiger partial charge in [0.05, 0.1) is 18.7 Å². The number of carbonyl (C=O) groups excluding carboxylic acids is 1. The Kier molecular flexibility index (Phi) is 3.87. The second kappa shape index (κ2) is 5.40. The first-order valence-corrected chi connectivity index (χ1v) is 6.31. The van der Waals surface area contributed by atoms with E-state index in [1.54, 1.807) is 4.90 Å². The van der Waals surface area contributed by atoms with E-state index in [1.165, 1.54) is 0 Å². The van der Waals surface area contributed by atoms with E-state index in [0.29, 0.717) is 18.8 Å². The van der Waals surface area contributed by atoms with E-state index in [-0.39, 0.29) is 12.5 Å². The summed E-state index contributed by atoms with van der Waals surface area (Å²) in [4.78, 5) is 13.4. The Morgan fingerprint density at radius 3 is 2.67 bits per heavy atom. The Balaban J connectivity index is 1.74. The van der Waals surface area contributed by atoms with Crippen LogP contribution in [0.5, 0.6) is 5.75 Å². The lowest BCUT2D eigenvalue weighted by Crippen LogP contribution is -2.64. The molecular formula is C14H19NO3. The van der Waals surface area contributed by atoms with Gasteiger partial charge < -0.3 is 14.7 Å². The fourth-order valence-electron chi connectivity index (χ4n) is 2.22. The molecule has 1 saturated heterocycles. The highest BCUT2D eigenvalue weighted by atomic mass is 16.5. The van der Waals surface area contributed by atoms with Crippen LogP contribution in [0, 0.1) is 0 Å². The molecule has 0 atom stereocenters. The number of hydrogen-bond donors (Lipinski definition) is 1. The number of ether oxygens (including phenoxy) is 1. The molecule has 2 rings (SSSR count). The lowest BCUT2D eigenvalue weighted by Gasteiger charge is -2.46. The zero-order chi connectivity index (χ0) is 13.0. The number of hydrogen-bond acceptors (Lipinski definition) is 3. The van der Waals surface area contributed by atoms with Crippen LogP contribution in [0.25, 0.3) is 0 Å². The van der Waals surface area contributed by atoms with Crippen LogP contribution < -0.4 is 4.74 Å². The van der Waals surface area contributed by atoms with Gasteiger partial charge in [0.2, 0.25) is 0 Å². The van der Waals surface area contributed by atoms with Gasteiger partial charge in [0.25, 0.3) is 5.91 Å². The third-order valence-corrected chi connectivity index (χ3v) is 3.14. The van der Waals surface area contributed by atoms with Crippen molar-refractivity contribution in [3.8, 4) is 5.75 Å². The smallest absolute Gasteiger partial charge is 0.260 e. The summed E-state index contributed by atoms with van der Waals surface area (Å²) < 4.78 is 5.38. The molecule has 0 spiro atoms. The van der Waals surface area contributed by atoms with Crippen LogP contribution in [0.3, 0.4) is 0 Å². The SMILES string of the molecule is CCCC1(O)CN(C(=O)COc2ccccc2)C1. The number of aliphatic hydroxyl groups is 1. The molecule has 1 N–H and O–H groups in total. The van der Waals surface area contributed by atoms with Gasteiger partial charge in [-0.15, -0.1) is 0 Å². The topological polar surface area (TPSA) is 49.8 Å². The summed E-state index contributed by atoms with van der Waals surface area (Å²) in [7, 11) is 0. The molecule has 0 bridgehead atoms. The summed E-state index contributed by atoms with van der Waals surface area (Å²) in [5.41, 5.74) is -0.669. The third-order valence-electron chi connectivity index (χ3n) is 3.14. The molecule has 1 heterocycles. The molecule has 1 aromatic rings. The third kappa shape index (κ3) is 3.01. The Bertz CT molecular complexity index is 399. The monoisotopic (exact) mass is 249 g/mol. The van der Waals surface area contributed by atoms with Crippen LogP contribution in [0.1, 0.15) is 19.8 Å². The first-order valence-electron chi connectivity index (χ1n) is 6.31. The number of β-amino-alcohol motifs (C(OH)–C–C–N with tert-alkyl or cyclic N) is 1. The van der Waals surface area contributed by atoms with Crippen LogP contribution >= 0.6 is 0 Å². The van der Waals surface area contributed by atoms with Crippen molar-refractivity contribution in [1.82, 2.24) is 4.90 Å². The predicted molar refractivity (Wildman–Crippen MR) is 68.4 cm³/mol. The largest absolute Gasteiger partial charge is 0.484 e. The Hall–Kier alpha value is -1.55. The molecular weight excluding hydrogens is 230 g/mol. The van der Waals surface area contributed by atoms with Gasteiger partial charge in [-0.05, 0) is 18.6 Å². The van der Waals surface area contributed by atoms with Gasteiger partial charge in [-0.25, -0.2) is 0 Å².